The number of rotatable bonds is 6. The summed E-state index contributed by atoms with van der Waals surface area (Å²) in [5.41, 5.74) is 10.3. The van der Waals surface area contributed by atoms with Gasteiger partial charge in [0.15, 0.2) is 0 Å². The minimum atomic E-state index is -1.03. The molecule has 0 aromatic rings. The molecule has 4 N–H and O–H groups in total. The molecule has 0 rings (SSSR count). The number of nitrogens with two attached hydrogens (primary N) is 2. The van der Waals surface area contributed by atoms with Crippen LogP contribution in [0.25, 0.3) is 0 Å². The molecule has 0 aliphatic heterocycles. The average Bonchev–Trinajstić information content (AvgIpc) is 2.03. The molecule has 0 fully saturated rings. The van der Waals surface area contributed by atoms with Gasteiger partial charge in [0.1, 0.15) is 0 Å². The Kier molecular flexibility index (Phi) is 5.90. The Balaban J connectivity index is 3.81. The van der Waals surface area contributed by atoms with E-state index in [4.69, 9.17) is 11.5 Å². The summed E-state index contributed by atoms with van der Waals surface area (Å²) >= 11 is 0. The first-order valence-electron chi connectivity index (χ1n) is 4.37. The highest BCUT2D eigenvalue weighted by molar-refractivity contribution is 7.85. The molecule has 5 heteroatoms. The van der Waals surface area contributed by atoms with Crippen LogP contribution in [0.2, 0.25) is 0 Å². The van der Waals surface area contributed by atoms with Crippen LogP contribution in [-0.4, -0.2) is 27.7 Å². The van der Waals surface area contributed by atoms with Crippen LogP contribution in [0.1, 0.15) is 20.3 Å². The maximum absolute atomic E-state index is 11.4. The van der Waals surface area contributed by atoms with Crippen molar-refractivity contribution in [1.29, 1.82) is 0 Å². The van der Waals surface area contributed by atoms with E-state index >= 15 is 0 Å². The van der Waals surface area contributed by atoms with Crippen LogP contribution in [0.3, 0.4) is 0 Å². The lowest BCUT2D eigenvalue weighted by Crippen LogP contribution is -2.41. The lowest BCUT2D eigenvalue weighted by molar-refractivity contribution is -0.118. The Morgan fingerprint density at radius 1 is 1.46 bits per heavy atom. The number of carbonyl (C=O) groups is 1. The molecule has 0 heterocycles. The quantitative estimate of drug-likeness (QED) is 0.619. The van der Waals surface area contributed by atoms with Gasteiger partial charge in [0.2, 0.25) is 5.91 Å². The molecular weight excluding hydrogens is 188 g/mol. The molecule has 0 aromatic heterocycles. The fraction of sp³-hybridized carbons (Fsp3) is 0.875. The summed E-state index contributed by atoms with van der Waals surface area (Å²) in [6.07, 6.45) is 0.984. The predicted molar refractivity (Wildman–Crippen MR) is 54.5 cm³/mol. The monoisotopic (exact) mass is 206 g/mol. The predicted octanol–water partition coefficient (Wildman–Crippen LogP) is -0.406. The molecule has 0 aromatic carbocycles. The summed E-state index contributed by atoms with van der Waals surface area (Å²) in [5.74, 6) is 0.593. The van der Waals surface area contributed by atoms with Crippen molar-refractivity contribution >= 4 is 16.7 Å². The molecule has 4 nitrogen and oxygen atoms in total. The van der Waals surface area contributed by atoms with Crippen LogP contribution in [0, 0.1) is 5.92 Å². The second-order valence-corrected chi connectivity index (χ2v) is 4.84. The molecular formula is C8H18N2O2S. The highest BCUT2D eigenvalue weighted by Crippen LogP contribution is 2.03. The van der Waals surface area contributed by atoms with Gasteiger partial charge < -0.3 is 11.5 Å². The third-order valence-electron chi connectivity index (χ3n) is 1.90. The SMILES string of the molecule is CCC(C)CS(=O)CC(N)C(N)=O. The minimum absolute atomic E-state index is 0.180. The largest absolute Gasteiger partial charge is 0.368 e. The van der Waals surface area contributed by atoms with Crippen molar-refractivity contribution in [1.82, 2.24) is 0 Å². The van der Waals surface area contributed by atoms with Crippen LogP contribution in [-0.2, 0) is 15.6 Å². The van der Waals surface area contributed by atoms with E-state index in [1.165, 1.54) is 0 Å². The summed E-state index contributed by atoms with van der Waals surface area (Å²) in [7, 11) is -1.03. The Morgan fingerprint density at radius 2 is 2.00 bits per heavy atom. The van der Waals surface area contributed by atoms with Crippen LogP contribution >= 0.6 is 0 Å². The van der Waals surface area contributed by atoms with E-state index in [-0.39, 0.29) is 5.75 Å². The van der Waals surface area contributed by atoms with E-state index in [0.29, 0.717) is 11.7 Å². The fourth-order valence-electron chi connectivity index (χ4n) is 0.786. The van der Waals surface area contributed by atoms with Crippen molar-refractivity contribution in [3.8, 4) is 0 Å². The number of hydrogen-bond donors (Lipinski definition) is 2. The second kappa shape index (κ2) is 6.10. The topological polar surface area (TPSA) is 86.2 Å². The Morgan fingerprint density at radius 3 is 2.38 bits per heavy atom. The van der Waals surface area contributed by atoms with E-state index in [1.807, 2.05) is 13.8 Å². The molecule has 0 radical (unpaired) electrons. The molecule has 0 saturated heterocycles. The summed E-state index contributed by atoms with van der Waals surface area (Å²) in [6, 6.07) is -0.773. The number of amides is 1. The third kappa shape index (κ3) is 5.76. The summed E-state index contributed by atoms with van der Waals surface area (Å²) < 4.78 is 11.4. The molecule has 0 spiro atoms. The number of carbonyl (C=O) groups excluding carboxylic acids is 1. The molecule has 13 heavy (non-hydrogen) atoms. The highest BCUT2D eigenvalue weighted by Gasteiger charge is 2.14. The van der Waals surface area contributed by atoms with E-state index in [2.05, 4.69) is 0 Å². The van der Waals surface area contributed by atoms with Crippen LogP contribution in [0.5, 0.6) is 0 Å². The van der Waals surface area contributed by atoms with Gasteiger partial charge in [-0.1, -0.05) is 20.3 Å². The Hall–Kier alpha value is -0.420. The first kappa shape index (κ1) is 12.6. The molecule has 0 aliphatic rings. The van der Waals surface area contributed by atoms with E-state index in [9.17, 15) is 9.00 Å². The van der Waals surface area contributed by atoms with Crippen molar-refractivity contribution in [2.45, 2.75) is 26.3 Å². The maximum Gasteiger partial charge on any atom is 0.235 e. The average molecular weight is 206 g/mol. The van der Waals surface area contributed by atoms with Gasteiger partial charge in [-0.2, -0.15) is 0 Å². The number of hydrogen-bond acceptors (Lipinski definition) is 3. The van der Waals surface area contributed by atoms with Gasteiger partial charge in [0, 0.05) is 22.3 Å². The normalized spacial score (nSPS) is 17.8. The molecule has 0 aliphatic carbocycles. The minimum Gasteiger partial charge on any atom is -0.368 e. The number of primary amides is 1. The van der Waals surface area contributed by atoms with Gasteiger partial charge in [-0.3, -0.25) is 9.00 Å². The second-order valence-electron chi connectivity index (χ2n) is 3.30. The molecule has 3 unspecified atom stereocenters. The summed E-state index contributed by atoms with van der Waals surface area (Å²) in [6.45, 7) is 4.06. The van der Waals surface area contributed by atoms with E-state index in [1.54, 1.807) is 0 Å². The van der Waals surface area contributed by atoms with Crippen molar-refractivity contribution in [3.05, 3.63) is 0 Å². The van der Waals surface area contributed by atoms with Gasteiger partial charge >= 0.3 is 0 Å². The van der Waals surface area contributed by atoms with E-state index in [0.717, 1.165) is 6.42 Å². The first-order chi connectivity index (χ1) is 5.97. The zero-order chi connectivity index (χ0) is 10.4. The van der Waals surface area contributed by atoms with Crippen molar-refractivity contribution in [2.24, 2.45) is 17.4 Å². The van der Waals surface area contributed by atoms with Gasteiger partial charge in [-0.25, -0.2) is 0 Å². The van der Waals surface area contributed by atoms with Crippen molar-refractivity contribution < 1.29 is 9.00 Å². The lowest BCUT2D eigenvalue weighted by atomic mass is 10.2. The van der Waals surface area contributed by atoms with Gasteiger partial charge in [-0.15, -0.1) is 0 Å². The first-order valence-corrected chi connectivity index (χ1v) is 5.86. The molecule has 0 bridgehead atoms. The molecule has 0 saturated carbocycles. The standard InChI is InChI=1S/C8H18N2O2S/c1-3-6(2)4-13(12)5-7(9)8(10)11/h6-7H,3-5,9H2,1-2H3,(H2,10,11). The zero-order valence-electron chi connectivity index (χ0n) is 8.16. The zero-order valence-corrected chi connectivity index (χ0v) is 8.97. The van der Waals surface area contributed by atoms with Crippen LogP contribution in [0.4, 0.5) is 0 Å². The highest BCUT2D eigenvalue weighted by atomic mass is 32.2. The molecule has 78 valence electrons. The fourth-order valence-corrected chi connectivity index (χ4v) is 2.36. The van der Waals surface area contributed by atoms with Gasteiger partial charge in [-0.05, 0) is 5.92 Å². The van der Waals surface area contributed by atoms with Crippen LogP contribution in [0.15, 0.2) is 0 Å². The van der Waals surface area contributed by atoms with Crippen LogP contribution < -0.4 is 11.5 Å². The molecule has 3 atom stereocenters. The summed E-state index contributed by atoms with van der Waals surface area (Å²) in [5, 5.41) is 0. The Bertz CT molecular complexity index is 197. The van der Waals surface area contributed by atoms with Gasteiger partial charge in [0.05, 0.1) is 6.04 Å². The molecule has 1 amide bonds. The van der Waals surface area contributed by atoms with Crippen molar-refractivity contribution in [3.63, 3.8) is 0 Å². The lowest BCUT2D eigenvalue weighted by Gasteiger charge is -2.10. The Labute approximate surface area is 81.5 Å². The van der Waals surface area contributed by atoms with Gasteiger partial charge in [0.25, 0.3) is 0 Å². The van der Waals surface area contributed by atoms with Crippen molar-refractivity contribution in [2.75, 3.05) is 11.5 Å². The van der Waals surface area contributed by atoms with E-state index < -0.39 is 22.7 Å². The smallest absolute Gasteiger partial charge is 0.235 e. The third-order valence-corrected chi connectivity index (χ3v) is 3.57. The maximum atomic E-state index is 11.4. The summed E-state index contributed by atoms with van der Waals surface area (Å²) in [4.78, 5) is 10.6.